The zero-order chi connectivity index (χ0) is 19.1. The fraction of sp³-hybridized carbons (Fsp3) is 0.312. The molecule has 2 heterocycles. The van der Waals surface area contributed by atoms with E-state index in [2.05, 4.69) is 20.4 Å². The number of benzene rings is 1. The fourth-order valence-corrected chi connectivity index (χ4v) is 2.61. The largest absolute Gasteiger partial charge is 0.453 e. The van der Waals surface area contributed by atoms with E-state index in [1.54, 1.807) is 38.1 Å². The Bertz CT molecular complexity index is 955. The van der Waals surface area contributed by atoms with Crippen LogP contribution in [0, 0.1) is 6.92 Å². The molecule has 138 valence electrons. The van der Waals surface area contributed by atoms with Crippen molar-refractivity contribution in [2.24, 2.45) is 0 Å². The zero-order valence-corrected chi connectivity index (χ0v) is 14.6. The summed E-state index contributed by atoms with van der Waals surface area (Å²) >= 11 is 5.94. The molecule has 0 aliphatic rings. The van der Waals surface area contributed by atoms with Crippen LogP contribution < -0.4 is 5.32 Å². The molecule has 0 spiro atoms. The van der Waals surface area contributed by atoms with Crippen molar-refractivity contribution in [1.82, 2.24) is 19.6 Å². The van der Waals surface area contributed by atoms with Gasteiger partial charge in [-0.05, 0) is 31.5 Å². The van der Waals surface area contributed by atoms with Gasteiger partial charge in [-0.1, -0.05) is 23.7 Å². The lowest BCUT2D eigenvalue weighted by molar-refractivity contribution is -0.144. The number of anilines is 1. The van der Waals surface area contributed by atoms with Crippen LogP contribution in [0.5, 0.6) is 0 Å². The van der Waals surface area contributed by atoms with Crippen LogP contribution >= 0.6 is 11.6 Å². The van der Waals surface area contributed by atoms with E-state index in [1.807, 2.05) is 0 Å². The minimum Gasteiger partial charge on any atom is -0.384 e. The maximum absolute atomic E-state index is 12.9. The third-order valence-electron chi connectivity index (χ3n) is 3.75. The molecule has 0 radical (unpaired) electrons. The summed E-state index contributed by atoms with van der Waals surface area (Å²) in [5.74, 6) is -1.22. The first-order valence-corrected chi connectivity index (χ1v) is 7.98. The first-order valence-electron chi connectivity index (χ1n) is 7.60. The average molecular weight is 386 g/mol. The zero-order valence-electron chi connectivity index (χ0n) is 13.8. The van der Waals surface area contributed by atoms with Gasteiger partial charge in [0.05, 0.1) is 0 Å². The predicted molar refractivity (Wildman–Crippen MR) is 90.0 cm³/mol. The highest BCUT2D eigenvalue weighted by Crippen LogP contribution is 2.28. The van der Waals surface area contributed by atoms with Gasteiger partial charge < -0.3 is 10.4 Å². The van der Waals surface area contributed by atoms with Crippen molar-refractivity contribution >= 4 is 23.2 Å². The molecule has 6 nitrogen and oxygen atoms in total. The molecule has 0 amide bonds. The van der Waals surface area contributed by atoms with Crippen molar-refractivity contribution < 1.29 is 18.3 Å². The van der Waals surface area contributed by atoms with Gasteiger partial charge in [-0.15, -0.1) is 5.10 Å². The van der Waals surface area contributed by atoms with E-state index >= 15 is 0 Å². The maximum Gasteiger partial charge on any atom is 0.453 e. The van der Waals surface area contributed by atoms with Crippen LogP contribution in [-0.4, -0.2) is 31.2 Å². The lowest BCUT2D eigenvalue weighted by Gasteiger charge is -2.25. The Morgan fingerprint density at radius 1 is 1.23 bits per heavy atom. The molecule has 3 aromatic rings. The van der Waals surface area contributed by atoms with Crippen molar-refractivity contribution in [3.63, 3.8) is 0 Å². The minimum absolute atomic E-state index is 0.00705. The van der Waals surface area contributed by atoms with Crippen LogP contribution in [0.15, 0.2) is 30.3 Å². The van der Waals surface area contributed by atoms with Gasteiger partial charge in [0.2, 0.25) is 0 Å². The molecule has 1 aromatic carbocycles. The standard InChI is InChI=1S/C16H15ClF3N5O/c1-9-6-12(25-14(22-9)23-13(24-25)16(18,19)20)21-8-15(2,26)10-4-3-5-11(17)7-10/h3-7,21,26H,8H2,1-2H3. The molecule has 0 fully saturated rings. The van der Waals surface area contributed by atoms with E-state index in [0.717, 1.165) is 4.52 Å². The summed E-state index contributed by atoms with van der Waals surface area (Å²) in [5, 5.41) is 17.5. The van der Waals surface area contributed by atoms with Gasteiger partial charge in [-0.3, -0.25) is 0 Å². The van der Waals surface area contributed by atoms with E-state index in [1.165, 1.54) is 6.07 Å². The summed E-state index contributed by atoms with van der Waals surface area (Å²) in [7, 11) is 0. The van der Waals surface area contributed by atoms with E-state index in [-0.39, 0.29) is 18.1 Å². The van der Waals surface area contributed by atoms with E-state index in [4.69, 9.17) is 11.6 Å². The summed E-state index contributed by atoms with van der Waals surface area (Å²) in [4.78, 5) is 7.37. The molecule has 0 aliphatic carbocycles. The predicted octanol–water partition coefficient (Wildman–Crippen LogP) is 3.42. The Hall–Kier alpha value is -2.39. The molecule has 1 atom stereocenters. The third-order valence-corrected chi connectivity index (χ3v) is 3.99. The molecule has 2 N–H and O–H groups in total. The van der Waals surface area contributed by atoms with Gasteiger partial charge in [-0.2, -0.15) is 22.7 Å². The van der Waals surface area contributed by atoms with Crippen LogP contribution in [0.2, 0.25) is 5.02 Å². The number of hydrogen-bond acceptors (Lipinski definition) is 5. The minimum atomic E-state index is -4.68. The van der Waals surface area contributed by atoms with Crippen LogP contribution in [-0.2, 0) is 11.8 Å². The number of fused-ring (bicyclic) bond motifs is 1. The van der Waals surface area contributed by atoms with Crippen molar-refractivity contribution in [3.05, 3.63) is 52.4 Å². The molecule has 26 heavy (non-hydrogen) atoms. The van der Waals surface area contributed by atoms with Crippen LogP contribution in [0.25, 0.3) is 5.78 Å². The highest BCUT2D eigenvalue weighted by molar-refractivity contribution is 6.30. The SMILES string of the molecule is Cc1cc(NCC(C)(O)c2cccc(Cl)c2)n2nc(C(F)(F)F)nc2n1. The summed E-state index contributed by atoms with van der Waals surface area (Å²) in [6, 6.07) is 8.23. The summed E-state index contributed by atoms with van der Waals surface area (Å²) in [5.41, 5.74) is -0.292. The van der Waals surface area contributed by atoms with Crippen LogP contribution in [0.3, 0.4) is 0 Å². The van der Waals surface area contributed by atoms with Crippen molar-refractivity contribution in [2.45, 2.75) is 25.6 Å². The number of aromatic nitrogens is 4. The lowest BCUT2D eigenvalue weighted by atomic mass is 9.96. The Labute approximate surface area is 151 Å². The Morgan fingerprint density at radius 3 is 2.62 bits per heavy atom. The Morgan fingerprint density at radius 2 is 1.96 bits per heavy atom. The van der Waals surface area contributed by atoms with Gasteiger partial charge >= 0.3 is 6.18 Å². The fourth-order valence-electron chi connectivity index (χ4n) is 2.42. The van der Waals surface area contributed by atoms with Crippen molar-refractivity contribution in [1.29, 1.82) is 0 Å². The quantitative estimate of drug-likeness (QED) is 0.719. The number of nitrogens with zero attached hydrogens (tertiary/aromatic N) is 4. The summed E-state index contributed by atoms with van der Waals surface area (Å²) in [6.07, 6.45) is -4.68. The monoisotopic (exact) mass is 385 g/mol. The smallest absolute Gasteiger partial charge is 0.384 e. The highest BCUT2D eigenvalue weighted by atomic mass is 35.5. The van der Waals surface area contributed by atoms with Gasteiger partial charge in [0.1, 0.15) is 11.4 Å². The summed E-state index contributed by atoms with van der Waals surface area (Å²) < 4.78 is 39.5. The summed E-state index contributed by atoms with van der Waals surface area (Å²) in [6.45, 7) is 3.20. The van der Waals surface area contributed by atoms with E-state index in [9.17, 15) is 18.3 Å². The number of halogens is 4. The van der Waals surface area contributed by atoms with Gasteiger partial charge in [-0.25, -0.2) is 4.98 Å². The molecule has 0 bridgehead atoms. The second kappa shape index (κ2) is 6.40. The third kappa shape index (κ3) is 3.73. The number of alkyl halides is 3. The first kappa shape index (κ1) is 18.4. The second-order valence-electron chi connectivity index (χ2n) is 6.07. The number of aryl methyl sites for hydroxylation is 1. The molecule has 0 aliphatic heterocycles. The Balaban J connectivity index is 1.92. The van der Waals surface area contributed by atoms with Gasteiger partial charge in [0.15, 0.2) is 0 Å². The van der Waals surface area contributed by atoms with E-state index in [0.29, 0.717) is 16.3 Å². The van der Waals surface area contributed by atoms with Crippen molar-refractivity contribution in [3.8, 4) is 0 Å². The van der Waals surface area contributed by atoms with Crippen LogP contribution in [0.1, 0.15) is 24.0 Å². The second-order valence-corrected chi connectivity index (χ2v) is 6.50. The number of aliphatic hydroxyl groups is 1. The molecule has 2 aromatic heterocycles. The van der Waals surface area contributed by atoms with Gasteiger partial charge in [0.25, 0.3) is 11.6 Å². The molecule has 0 saturated carbocycles. The molecular weight excluding hydrogens is 371 g/mol. The molecule has 1 unspecified atom stereocenters. The first-order chi connectivity index (χ1) is 12.1. The molecular formula is C16H15ClF3N5O. The topological polar surface area (TPSA) is 75.3 Å². The highest BCUT2D eigenvalue weighted by Gasteiger charge is 2.37. The molecule has 10 heteroatoms. The van der Waals surface area contributed by atoms with Crippen LogP contribution in [0.4, 0.5) is 19.0 Å². The normalized spacial score (nSPS) is 14.4. The average Bonchev–Trinajstić information content (AvgIpc) is 2.97. The maximum atomic E-state index is 12.9. The number of nitrogens with one attached hydrogen (secondary N) is 1. The van der Waals surface area contributed by atoms with Crippen molar-refractivity contribution in [2.75, 3.05) is 11.9 Å². The lowest BCUT2D eigenvalue weighted by Crippen LogP contribution is -2.31. The molecule has 3 rings (SSSR count). The number of hydrogen-bond donors (Lipinski definition) is 2. The Kier molecular flexibility index (Phi) is 4.53. The molecule has 0 saturated heterocycles. The van der Waals surface area contributed by atoms with E-state index < -0.39 is 17.6 Å². The van der Waals surface area contributed by atoms with Gasteiger partial charge in [0, 0.05) is 23.3 Å². The number of rotatable bonds is 4.